The number of aliphatic hydroxyl groups is 1. The van der Waals surface area contributed by atoms with E-state index in [4.69, 9.17) is 4.74 Å². The Morgan fingerprint density at radius 2 is 2.30 bits per heavy atom. The summed E-state index contributed by atoms with van der Waals surface area (Å²) in [6, 6.07) is 6.05. The van der Waals surface area contributed by atoms with Crippen LogP contribution in [-0.2, 0) is 16.6 Å². The molecule has 1 saturated heterocycles. The van der Waals surface area contributed by atoms with Crippen LogP contribution in [0.15, 0.2) is 30.9 Å². The lowest BCUT2D eigenvalue weighted by molar-refractivity contribution is -0.191. The van der Waals surface area contributed by atoms with E-state index in [1.807, 2.05) is 12.1 Å². The maximum Gasteiger partial charge on any atom is 0.183 e. The van der Waals surface area contributed by atoms with Crippen LogP contribution in [0, 0.1) is 0 Å². The SMILES string of the molecule is C=CCC12Oc3cccc4c3[C@@]13CCN[C@H](C4)[C@]3(O)CCC2=O. The summed E-state index contributed by atoms with van der Waals surface area (Å²) >= 11 is 0. The minimum atomic E-state index is -0.985. The summed E-state index contributed by atoms with van der Waals surface area (Å²) in [6.07, 6.45) is 4.63. The van der Waals surface area contributed by atoms with Crippen LogP contribution < -0.4 is 10.1 Å². The summed E-state index contributed by atoms with van der Waals surface area (Å²) in [5.74, 6) is 0.908. The highest BCUT2D eigenvalue weighted by molar-refractivity contribution is 5.94. The van der Waals surface area contributed by atoms with Crippen molar-refractivity contribution in [3.8, 4) is 5.75 Å². The lowest BCUT2D eigenvalue weighted by atomic mass is 9.44. The molecule has 23 heavy (non-hydrogen) atoms. The monoisotopic (exact) mass is 311 g/mol. The maximum absolute atomic E-state index is 13.1. The number of rotatable bonds is 2. The molecular weight excluding hydrogens is 290 g/mol. The van der Waals surface area contributed by atoms with Gasteiger partial charge in [0.05, 0.1) is 11.0 Å². The Hall–Kier alpha value is -1.65. The molecule has 1 saturated carbocycles. The molecule has 4 nitrogen and oxygen atoms in total. The number of hydrogen-bond acceptors (Lipinski definition) is 4. The number of nitrogens with one attached hydrogen (secondary N) is 1. The highest BCUT2D eigenvalue weighted by Gasteiger charge is 2.77. The normalized spacial score (nSPS) is 42.8. The van der Waals surface area contributed by atoms with E-state index >= 15 is 0 Å². The van der Waals surface area contributed by atoms with Crippen molar-refractivity contribution in [1.29, 1.82) is 0 Å². The minimum absolute atomic E-state index is 0.0157. The second-order valence-corrected chi connectivity index (χ2v) is 7.43. The van der Waals surface area contributed by atoms with Crippen LogP contribution in [0.2, 0.25) is 0 Å². The van der Waals surface area contributed by atoms with Crippen molar-refractivity contribution in [2.45, 2.75) is 54.8 Å². The van der Waals surface area contributed by atoms with Crippen LogP contribution in [0.3, 0.4) is 0 Å². The van der Waals surface area contributed by atoms with E-state index in [2.05, 4.69) is 18.0 Å². The van der Waals surface area contributed by atoms with Gasteiger partial charge in [-0.05, 0) is 37.4 Å². The summed E-state index contributed by atoms with van der Waals surface area (Å²) < 4.78 is 6.38. The molecule has 120 valence electrons. The molecule has 2 aliphatic heterocycles. The van der Waals surface area contributed by atoms with Gasteiger partial charge < -0.3 is 15.2 Å². The average Bonchev–Trinajstić information content (AvgIpc) is 2.81. The van der Waals surface area contributed by atoms with Crippen LogP contribution in [0.5, 0.6) is 5.75 Å². The highest BCUT2D eigenvalue weighted by Crippen LogP contribution is 2.66. The van der Waals surface area contributed by atoms with Gasteiger partial charge in [-0.3, -0.25) is 4.79 Å². The Morgan fingerprint density at radius 3 is 3.13 bits per heavy atom. The lowest BCUT2D eigenvalue weighted by Gasteiger charge is -2.63. The predicted octanol–water partition coefficient (Wildman–Crippen LogP) is 1.64. The van der Waals surface area contributed by atoms with Gasteiger partial charge in [-0.25, -0.2) is 0 Å². The second kappa shape index (κ2) is 4.05. The zero-order valence-electron chi connectivity index (χ0n) is 13.1. The minimum Gasteiger partial charge on any atom is -0.478 e. The molecule has 0 radical (unpaired) electrons. The molecule has 1 spiro atoms. The van der Waals surface area contributed by atoms with Crippen LogP contribution in [0.4, 0.5) is 0 Å². The molecule has 2 bridgehead atoms. The Kier molecular flexibility index (Phi) is 2.43. The number of hydrogen-bond donors (Lipinski definition) is 2. The molecule has 1 aromatic carbocycles. The van der Waals surface area contributed by atoms with Crippen molar-refractivity contribution in [3.63, 3.8) is 0 Å². The maximum atomic E-state index is 13.1. The zero-order chi connectivity index (χ0) is 15.9. The van der Waals surface area contributed by atoms with E-state index < -0.39 is 16.6 Å². The summed E-state index contributed by atoms with van der Waals surface area (Å²) in [5, 5.41) is 15.3. The first-order valence-electron chi connectivity index (χ1n) is 8.50. The molecule has 1 unspecified atom stereocenters. The summed E-state index contributed by atoms with van der Waals surface area (Å²) in [5.41, 5.74) is -0.244. The molecule has 4 heteroatoms. The van der Waals surface area contributed by atoms with Crippen LogP contribution in [0.25, 0.3) is 0 Å². The molecule has 2 N–H and O–H groups in total. The predicted molar refractivity (Wildman–Crippen MR) is 85.6 cm³/mol. The van der Waals surface area contributed by atoms with Gasteiger partial charge in [0, 0.05) is 24.4 Å². The van der Waals surface area contributed by atoms with Gasteiger partial charge in [-0.2, -0.15) is 0 Å². The zero-order valence-corrected chi connectivity index (χ0v) is 13.1. The van der Waals surface area contributed by atoms with Crippen molar-refractivity contribution in [2.75, 3.05) is 6.54 Å². The molecule has 0 aromatic heterocycles. The Morgan fingerprint density at radius 1 is 1.43 bits per heavy atom. The average molecular weight is 311 g/mol. The van der Waals surface area contributed by atoms with E-state index in [1.54, 1.807) is 6.08 Å². The van der Waals surface area contributed by atoms with Crippen LogP contribution >= 0.6 is 0 Å². The molecule has 2 fully saturated rings. The first-order chi connectivity index (χ1) is 11.1. The lowest BCUT2D eigenvalue weighted by Crippen LogP contribution is -2.80. The van der Waals surface area contributed by atoms with Gasteiger partial charge in [-0.15, -0.1) is 6.58 Å². The quantitative estimate of drug-likeness (QED) is 0.815. The molecule has 1 aromatic rings. The topological polar surface area (TPSA) is 58.6 Å². The first-order valence-corrected chi connectivity index (χ1v) is 8.50. The fourth-order valence-corrected chi connectivity index (χ4v) is 5.99. The van der Waals surface area contributed by atoms with E-state index in [0.29, 0.717) is 19.3 Å². The van der Waals surface area contributed by atoms with Crippen LogP contribution in [0.1, 0.15) is 36.8 Å². The van der Waals surface area contributed by atoms with E-state index in [-0.39, 0.29) is 11.8 Å². The third-order valence-electron chi connectivity index (χ3n) is 6.76. The number of ether oxygens (including phenoxy) is 1. The number of piperidine rings is 1. The Labute approximate surface area is 135 Å². The van der Waals surface area contributed by atoms with Gasteiger partial charge in [0.2, 0.25) is 0 Å². The van der Waals surface area contributed by atoms with E-state index in [1.165, 1.54) is 5.56 Å². The number of carbonyl (C=O) groups is 1. The number of ketones is 1. The number of benzene rings is 1. The molecule has 0 amide bonds. The smallest absolute Gasteiger partial charge is 0.183 e. The molecule has 2 aliphatic carbocycles. The van der Waals surface area contributed by atoms with E-state index in [0.717, 1.165) is 30.7 Å². The molecule has 2 heterocycles. The molecular formula is C19H21NO3. The van der Waals surface area contributed by atoms with Crippen molar-refractivity contribution in [2.24, 2.45) is 0 Å². The fourth-order valence-electron chi connectivity index (χ4n) is 5.99. The third-order valence-corrected chi connectivity index (χ3v) is 6.76. The van der Waals surface area contributed by atoms with Gasteiger partial charge in [0.1, 0.15) is 5.75 Å². The third kappa shape index (κ3) is 1.24. The first kappa shape index (κ1) is 13.8. The van der Waals surface area contributed by atoms with Gasteiger partial charge >= 0.3 is 0 Å². The molecule has 4 aliphatic rings. The van der Waals surface area contributed by atoms with Crippen molar-refractivity contribution < 1.29 is 14.6 Å². The second-order valence-electron chi connectivity index (χ2n) is 7.43. The van der Waals surface area contributed by atoms with Gasteiger partial charge in [0.15, 0.2) is 11.4 Å². The van der Waals surface area contributed by atoms with Gasteiger partial charge in [0.25, 0.3) is 0 Å². The van der Waals surface area contributed by atoms with Gasteiger partial charge in [-0.1, -0.05) is 18.2 Å². The Bertz CT molecular complexity index is 744. The standard InChI is InChI=1S/C19H21NO3/c1-2-7-19-15(21)6-8-18(22)14-11-12-4-3-5-13(23-19)16(12)17(18,19)9-10-20-14/h2-5,14,20,22H,1,6-11H2/t14-,17-,18-,19?/m1/s1. The summed E-state index contributed by atoms with van der Waals surface area (Å²) in [4.78, 5) is 13.1. The number of carbonyl (C=O) groups excluding carboxylic acids is 1. The van der Waals surface area contributed by atoms with Crippen molar-refractivity contribution >= 4 is 5.78 Å². The Balaban J connectivity index is 1.90. The molecule has 5 rings (SSSR count). The largest absolute Gasteiger partial charge is 0.478 e. The highest BCUT2D eigenvalue weighted by atomic mass is 16.5. The number of Topliss-reactive ketones (excluding diaryl/α,β-unsaturated/α-hetero) is 1. The van der Waals surface area contributed by atoms with Crippen molar-refractivity contribution in [3.05, 3.63) is 42.0 Å². The van der Waals surface area contributed by atoms with Crippen molar-refractivity contribution in [1.82, 2.24) is 5.32 Å². The van der Waals surface area contributed by atoms with Crippen LogP contribution in [-0.4, -0.2) is 34.7 Å². The summed E-state index contributed by atoms with van der Waals surface area (Å²) in [7, 11) is 0. The summed E-state index contributed by atoms with van der Waals surface area (Å²) in [6.45, 7) is 4.67. The van der Waals surface area contributed by atoms with E-state index in [9.17, 15) is 9.90 Å². The fraction of sp³-hybridized carbons (Fsp3) is 0.526. The molecule has 4 atom stereocenters.